The number of nitrogens with zero attached hydrogens (tertiary/aromatic N) is 1. The van der Waals surface area contributed by atoms with Gasteiger partial charge in [0, 0.05) is 17.5 Å². The minimum absolute atomic E-state index is 0.0848. The maximum atomic E-state index is 14.0. The van der Waals surface area contributed by atoms with Crippen LogP contribution in [0.1, 0.15) is 49.7 Å². The number of hydrogen-bond donors (Lipinski definition) is 3. The summed E-state index contributed by atoms with van der Waals surface area (Å²) in [5.41, 5.74) is 2.15. The number of rotatable bonds is 12. The molecule has 1 amide bonds. The van der Waals surface area contributed by atoms with Gasteiger partial charge in [0.1, 0.15) is 12.1 Å². The zero-order valence-electron chi connectivity index (χ0n) is 21.0. The quantitative estimate of drug-likeness (QED) is 0.382. The summed E-state index contributed by atoms with van der Waals surface area (Å²) in [6.07, 6.45) is 5.16. The van der Waals surface area contributed by atoms with Crippen molar-refractivity contribution >= 4 is 29.6 Å². The molecule has 1 saturated heterocycles. The highest BCUT2D eigenvalue weighted by Crippen LogP contribution is 2.40. The predicted octanol–water partition coefficient (Wildman–Crippen LogP) is 4.21. The van der Waals surface area contributed by atoms with E-state index >= 15 is 0 Å². The number of carboxylic acids is 2. The van der Waals surface area contributed by atoms with Crippen LogP contribution in [-0.2, 0) is 26.6 Å². The molecular weight excluding hydrogens is 488 g/mol. The lowest BCUT2D eigenvalue weighted by atomic mass is 9.84. The van der Waals surface area contributed by atoms with Gasteiger partial charge in [-0.3, -0.25) is 14.9 Å². The molecule has 1 heterocycles. The topological polar surface area (TPSA) is 107 Å². The van der Waals surface area contributed by atoms with Gasteiger partial charge in [0.2, 0.25) is 5.91 Å². The van der Waals surface area contributed by atoms with E-state index in [0.29, 0.717) is 30.8 Å². The van der Waals surface area contributed by atoms with Crippen LogP contribution in [0.3, 0.4) is 0 Å². The third kappa shape index (κ3) is 7.14. The Morgan fingerprint density at radius 2 is 1.57 bits per heavy atom. The first kappa shape index (κ1) is 27.2. The Morgan fingerprint density at radius 3 is 2.22 bits per heavy atom. The SMILES string of the molecule is O=C(O)[C@H](CCc1ccccc1)N[C@@H](CSCc1ccccc1)C(=O)N1[C@@H]2CCCC[C@@H]2C[C@H]1C(=O)O. The predicted molar refractivity (Wildman–Crippen MR) is 144 cm³/mol. The van der Waals surface area contributed by atoms with Gasteiger partial charge in [0.15, 0.2) is 0 Å². The van der Waals surface area contributed by atoms with Crippen molar-refractivity contribution < 1.29 is 24.6 Å². The van der Waals surface area contributed by atoms with Crippen molar-refractivity contribution in [1.82, 2.24) is 10.2 Å². The third-order valence-corrected chi connectivity index (χ3v) is 8.69. The van der Waals surface area contributed by atoms with Crippen LogP contribution in [0, 0.1) is 5.92 Å². The lowest BCUT2D eigenvalue weighted by Gasteiger charge is -2.36. The summed E-state index contributed by atoms with van der Waals surface area (Å²) in [6.45, 7) is 0. The van der Waals surface area contributed by atoms with Crippen LogP contribution >= 0.6 is 11.8 Å². The number of carbonyl (C=O) groups is 3. The number of fused-ring (bicyclic) bond motifs is 1. The zero-order valence-corrected chi connectivity index (χ0v) is 21.8. The number of thioether (sulfide) groups is 1. The zero-order chi connectivity index (χ0) is 26.2. The number of carbonyl (C=O) groups excluding carboxylic acids is 1. The highest BCUT2D eigenvalue weighted by atomic mass is 32.2. The molecule has 0 bridgehead atoms. The smallest absolute Gasteiger partial charge is 0.326 e. The van der Waals surface area contributed by atoms with Gasteiger partial charge in [0.25, 0.3) is 0 Å². The molecule has 0 aromatic heterocycles. The van der Waals surface area contributed by atoms with E-state index in [1.807, 2.05) is 60.7 Å². The molecule has 0 radical (unpaired) electrons. The maximum absolute atomic E-state index is 14.0. The van der Waals surface area contributed by atoms with E-state index in [2.05, 4.69) is 5.32 Å². The molecule has 2 fully saturated rings. The normalized spacial score (nSPS) is 22.7. The molecule has 0 unspecified atom stereocenters. The van der Waals surface area contributed by atoms with E-state index in [9.17, 15) is 24.6 Å². The van der Waals surface area contributed by atoms with Crippen molar-refractivity contribution in [2.24, 2.45) is 5.92 Å². The fourth-order valence-corrected chi connectivity index (χ4v) is 6.73. The van der Waals surface area contributed by atoms with E-state index in [1.165, 1.54) is 0 Å². The number of benzene rings is 2. The summed E-state index contributed by atoms with van der Waals surface area (Å²) in [6, 6.07) is 17.0. The molecule has 7 nitrogen and oxygen atoms in total. The van der Waals surface area contributed by atoms with Gasteiger partial charge in [-0.15, -0.1) is 0 Å². The first-order valence-corrected chi connectivity index (χ1v) is 14.3. The van der Waals surface area contributed by atoms with E-state index in [-0.39, 0.29) is 17.9 Å². The molecule has 37 heavy (non-hydrogen) atoms. The molecule has 4 rings (SSSR count). The van der Waals surface area contributed by atoms with Crippen molar-refractivity contribution in [3.8, 4) is 0 Å². The van der Waals surface area contributed by atoms with Gasteiger partial charge in [-0.1, -0.05) is 73.5 Å². The summed E-state index contributed by atoms with van der Waals surface area (Å²) >= 11 is 1.56. The van der Waals surface area contributed by atoms with Crippen LogP contribution in [0.15, 0.2) is 60.7 Å². The summed E-state index contributed by atoms with van der Waals surface area (Å²) < 4.78 is 0. The molecule has 3 N–H and O–H groups in total. The van der Waals surface area contributed by atoms with E-state index in [1.54, 1.807) is 16.7 Å². The molecule has 8 heteroatoms. The van der Waals surface area contributed by atoms with Crippen LogP contribution < -0.4 is 5.32 Å². The minimum atomic E-state index is -1.01. The molecular formula is C29H36N2O5S. The Kier molecular flexibility index (Phi) is 9.63. The van der Waals surface area contributed by atoms with Crippen LogP contribution in [-0.4, -0.2) is 62.9 Å². The molecule has 198 valence electrons. The van der Waals surface area contributed by atoms with E-state index in [0.717, 1.165) is 36.8 Å². The Bertz CT molecular complexity index is 1050. The number of amides is 1. The fourth-order valence-electron chi connectivity index (χ4n) is 5.71. The molecule has 5 atom stereocenters. The lowest BCUT2D eigenvalue weighted by molar-refractivity contribution is -0.151. The second kappa shape index (κ2) is 13.1. The molecule has 1 aliphatic heterocycles. The average Bonchev–Trinajstić information content (AvgIpc) is 3.31. The summed E-state index contributed by atoms with van der Waals surface area (Å²) in [5, 5.41) is 23.1. The van der Waals surface area contributed by atoms with E-state index in [4.69, 9.17) is 0 Å². The summed E-state index contributed by atoms with van der Waals surface area (Å²) in [5.74, 6) is -1.02. The lowest BCUT2D eigenvalue weighted by Crippen LogP contribution is -2.57. The monoisotopic (exact) mass is 524 g/mol. The molecule has 2 aromatic carbocycles. The largest absolute Gasteiger partial charge is 0.480 e. The molecule has 2 aliphatic rings. The number of carboxylic acid groups (broad SMARTS) is 2. The second-order valence-electron chi connectivity index (χ2n) is 10.1. The molecule has 1 saturated carbocycles. The minimum Gasteiger partial charge on any atom is -0.480 e. The van der Waals surface area contributed by atoms with Crippen LogP contribution in [0.25, 0.3) is 0 Å². The van der Waals surface area contributed by atoms with Crippen molar-refractivity contribution in [2.45, 2.75) is 74.9 Å². The van der Waals surface area contributed by atoms with Crippen LogP contribution in [0.5, 0.6) is 0 Å². The Labute approximate surface area is 222 Å². The van der Waals surface area contributed by atoms with Gasteiger partial charge >= 0.3 is 11.9 Å². The highest BCUT2D eigenvalue weighted by Gasteiger charge is 2.49. The van der Waals surface area contributed by atoms with Gasteiger partial charge < -0.3 is 15.1 Å². The standard InChI is InChI=1S/C29H36N2O5S/c32-27(31-25-14-8-7-13-22(25)17-26(31)29(35)36)24(19-37-18-21-11-5-2-6-12-21)30-23(28(33)34)16-15-20-9-3-1-4-10-20/h1-6,9-12,22-26,30H,7-8,13-19H2,(H,33,34)(H,35,36)/t22-,23+,24+,25-,26+/m1/s1. The third-order valence-electron chi connectivity index (χ3n) is 7.59. The average molecular weight is 525 g/mol. The Hall–Kier alpha value is -2.84. The molecule has 2 aromatic rings. The fraction of sp³-hybridized carbons (Fsp3) is 0.483. The van der Waals surface area contributed by atoms with Gasteiger partial charge in [0.05, 0.1) is 6.04 Å². The van der Waals surface area contributed by atoms with Crippen molar-refractivity contribution in [3.63, 3.8) is 0 Å². The highest BCUT2D eigenvalue weighted by molar-refractivity contribution is 7.98. The van der Waals surface area contributed by atoms with Crippen molar-refractivity contribution in [3.05, 3.63) is 71.8 Å². The molecule has 1 aliphatic carbocycles. The van der Waals surface area contributed by atoms with Crippen molar-refractivity contribution in [1.29, 1.82) is 0 Å². The molecule has 0 spiro atoms. The van der Waals surface area contributed by atoms with Gasteiger partial charge in [-0.25, -0.2) is 4.79 Å². The Morgan fingerprint density at radius 1 is 0.919 bits per heavy atom. The summed E-state index contributed by atoms with van der Waals surface area (Å²) in [4.78, 5) is 39.9. The Balaban J connectivity index is 1.51. The van der Waals surface area contributed by atoms with Gasteiger partial charge in [-0.05, 0) is 49.1 Å². The van der Waals surface area contributed by atoms with Crippen LogP contribution in [0.4, 0.5) is 0 Å². The maximum Gasteiger partial charge on any atom is 0.326 e. The number of nitrogens with one attached hydrogen (secondary N) is 1. The number of hydrogen-bond acceptors (Lipinski definition) is 5. The second-order valence-corrected chi connectivity index (χ2v) is 11.1. The van der Waals surface area contributed by atoms with Crippen molar-refractivity contribution in [2.75, 3.05) is 5.75 Å². The number of likely N-dealkylation sites (tertiary alicyclic amines) is 1. The first-order chi connectivity index (χ1) is 17.9. The number of aryl methyl sites for hydroxylation is 1. The van der Waals surface area contributed by atoms with Crippen LogP contribution in [0.2, 0.25) is 0 Å². The van der Waals surface area contributed by atoms with Gasteiger partial charge in [-0.2, -0.15) is 11.8 Å². The van der Waals surface area contributed by atoms with E-state index < -0.39 is 30.1 Å². The summed E-state index contributed by atoms with van der Waals surface area (Å²) in [7, 11) is 0. The number of aliphatic carboxylic acids is 2. The first-order valence-electron chi connectivity index (χ1n) is 13.1.